The first-order valence-electron chi connectivity index (χ1n) is 5.38. The molecule has 0 spiro atoms. The summed E-state index contributed by atoms with van der Waals surface area (Å²) in [6, 6.07) is 0. The Bertz CT molecular complexity index is 160. The van der Waals surface area contributed by atoms with Crippen LogP contribution in [0.5, 0.6) is 0 Å². The molecule has 2 rings (SSSR count). The van der Waals surface area contributed by atoms with Crippen molar-refractivity contribution < 1.29 is 4.74 Å². The lowest BCUT2D eigenvalue weighted by Crippen LogP contribution is -2.42. The van der Waals surface area contributed by atoms with E-state index in [9.17, 15) is 0 Å². The average Bonchev–Trinajstić information content (AvgIpc) is 2.54. The van der Waals surface area contributed by atoms with Gasteiger partial charge in [-0.15, -0.1) is 0 Å². The maximum Gasteiger partial charge on any atom is 0.116 e. The van der Waals surface area contributed by atoms with Crippen LogP contribution < -0.4 is 10.6 Å². The molecule has 0 saturated carbocycles. The molecule has 0 radical (unpaired) electrons. The minimum atomic E-state index is -0.0380. The second-order valence-corrected chi connectivity index (χ2v) is 4.42. The van der Waals surface area contributed by atoms with Gasteiger partial charge in [-0.3, -0.25) is 5.32 Å². The van der Waals surface area contributed by atoms with E-state index in [0.29, 0.717) is 0 Å². The predicted molar refractivity (Wildman–Crippen MR) is 52.6 cm³/mol. The van der Waals surface area contributed by atoms with Crippen molar-refractivity contribution in [3.8, 4) is 0 Å². The summed E-state index contributed by atoms with van der Waals surface area (Å²) in [6.45, 7) is 6.42. The fourth-order valence-corrected chi connectivity index (χ4v) is 2.42. The second kappa shape index (κ2) is 3.95. The lowest BCUT2D eigenvalue weighted by Gasteiger charge is -2.31. The van der Waals surface area contributed by atoms with Gasteiger partial charge in [0.05, 0.1) is 6.61 Å². The van der Waals surface area contributed by atoms with Gasteiger partial charge < -0.3 is 10.1 Å². The Morgan fingerprint density at radius 3 is 3.00 bits per heavy atom. The average molecular weight is 184 g/mol. The number of hydrogen-bond donors (Lipinski definition) is 2. The van der Waals surface area contributed by atoms with Crippen LogP contribution in [0.1, 0.15) is 26.2 Å². The summed E-state index contributed by atoms with van der Waals surface area (Å²) >= 11 is 0. The number of piperidine rings is 1. The summed E-state index contributed by atoms with van der Waals surface area (Å²) in [7, 11) is 0. The molecule has 2 fully saturated rings. The van der Waals surface area contributed by atoms with Crippen LogP contribution in [0.2, 0.25) is 0 Å². The van der Waals surface area contributed by atoms with Crippen molar-refractivity contribution in [2.75, 3.05) is 26.2 Å². The smallest absolute Gasteiger partial charge is 0.116 e. The molecule has 0 aromatic rings. The van der Waals surface area contributed by atoms with Crippen molar-refractivity contribution >= 4 is 0 Å². The quantitative estimate of drug-likeness (QED) is 0.663. The zero-order valence-electron chi connectivity index (χ0n) is 8.44. The van der Waals surface area contributed by atoms with Crippen molar-refractivity contribution in [2.45, 2.75) is 31.9 Å². The van der Waals surface area contributed by atoms with Gasteiger partial charge in [0.2, 0.25) is 0 Å². The monoisotopic (exact) mass is 184 g/mol. The fraction of sp³-hybridized carbons (Fsp3) is 1.00. The molecule has 0 aromatic heterocycles. The largest absolute Gasteiger partial charge is 0.360 e. The molecule has 2 aliphatic rings. The van der Waals surface area contributed by atoms with Gasteiger partial charge in [-0.2, -0.15) is 0 Å². The van der Waals surface area contributed by atoms with Gasteiger partial charge in [0.25, 0.3) is 0 Å². The topological polar surface area (TPSA) is 33.3 Å². The molecule has 0 bridgehead atoms. The van der Waals surface area contributed by atoms with Gasteiger partial charge in [-0.05, 0) is 45.2 Å². The minimum absolute atomic E-state index is 0.0380. The van der Waals surface area contributed by atoms with Crippen molar-refractivity contribution in [2.24, 2.45) is 5.92 Å². The van der Waals surface area contributed by atoms with E-state index in [1.807, 2.05) is 0 Å². The normalized spacial score (nSPS) is 40.8. The van der Waals surface area contributed by atoms with Gasteiger partial charge in [-0.1, -0.05) is 0 Å². The third kappa shape index (κ3) is 2.42. The molecular formula is C10H20N2O. The summed E-state index contributed by atoms with van der Waals surface area (Å²) in [5.74, 6) is 0.796. The summed E-state index contributed by atoms with van der Waals surface area (Å²) < 4.78 is 5.70. The van der Waals surface area contributed by atoms with Crippen LogP contribution >= 0.6 is 0 Å². The van der Waals surface area contributed by atoms with Crippen molar-refractivity contribution in [3.63, 3.8) is 0 Å². The van der Waals surface area contributed by atoms with Gasteiger partial charge in [0.1, 0.15) is 5.72 Å². The third-order valence-corrected chi connectivity index (χ3v) is 3.10. The van der Waals surface area contributed by atoms with Crippen molar-refractivity contribution in [3.05, 3.63) is 0 Å². The van der Waals surface area contributed by atoms with Gasteiger partial charge in [0, 0.05) is 6.54 Å². The molecule has 2 unspecified atom stereocenters. The van der Waals surface area contributed by atoms with Crippen LogP contribution in [0.25, 0.3) is 0 Å². The van der Waals surface area contributed by atoms with Crippen LogP contribution in [0, 0.1) is 5.92 Å². The first kappa shape index (κ1) is 9.44. The van der Waals surface area contributed by atoms with Crippen LogP contribution in [0.15, 0.2) is 0 Å². The first-order valence-corrected chi connectivity index (χ1v) is 5.38. The van der Waals surface area contributed by atoms with Gasteiger partial charge in [0.15, 0.2) is 0 Å². The SMILES string of the molecule is CC1(CC2CCCNC2)NCCO1. The van der Waals surface area contributed by atoms with E-state index in [-0.39, 0.29) is 5.72 Å². The highest BCUT2D eigenvalue weighted by Crippen LogP contribution is 2.25. The number of rotatable bonds is 2. The zero-order chi connectivity index (χ0) is 9.15. The van der Waals surface area contributed by atoms with Crippen molar-refractivity contribution in [1.82, 2.24) is 10.6 Å². The molecule has 2 saturated heterocycles. The molecular weight excluding hydrogens is 164 g/mol. The zero-order valence-corrected chi connectivity index (χ0v) is 8.44. The molecule has 13 heavy (non-hydrogen) atoms. The van der Waals surface area contributed by atoms with E-state index in [4.69, 9.17) is 4.74 Å². The molecule has 2 N–H and O–H groups in total. The lowest BCUT2D eigenvalue weighted by molar-refractivity contribution is -0.0158. The van der Waals surface area contributed by atoms with Crippen LogP contribution in [-0.4, -0.2) is 32.0 Å². The summed E-state index contributed by atoms with van der Waals surface area (Å²) in [5, 5.41) is 6.87. The van der Waals surface area contributed by atoms with Crippen LogP contribution in [-0.2, 0) is 4.74 Å². The number of ether oxygens (including phenoxy) is 1. The van der Waals surface area contributed by atoms with Crippen molar-refractivity contribution in [1.29, 1.82) is 0 Å². The molecule has 2 heterocycles. The van der Waals surface area contributed by atoms with E-state index < -0.39 is 0 Å². The standard InChI is InChI=1S/C10H20N2O/c1-10(12-5-6-13-10)7-9-3-2-4-11-8-9/h9,11-12H,2-8H2,1H3. The third-order valence-electron chi connectivity index (χ3n) is 3.10. The Morgan fingerprint density at radius 2 is 2.38 bits per heavy atom. The number of nitrogens with one attached hydrogen (secondary N) is 2. The van der Waals surface area contributed by atoms with Crippen LogP contribution in [0.3, 0.4) is 0 Å². The summed E-state index contributed by atoms with van der Waals surface area (Å²) in [5.41, 5.74) is -0.0380. The van der Waals surface area contributed by atoms with Crippen LogP contribution in [0.4, 0.5) is 0 Å². The fourth-order valence-electron chi connectivity index (χ4n) is 2.42. The Kier molecular flexibility index (Phi) is 2.86. The lowest BCUT2D eigenvalue weighted by atomic mass is 9.91. The molecule has 3 heteroatoms. The highest BCUT2D eigenvalue weighted by atomic mass is 16.5. The highest BCUT2D eigenvalue weighted by Gasteiger charge is 2.32. The maximum atomic E-state index is 5.70. The van der Waals surface area contributed by atoms with E-state index in [1.54, 1.807) is 0 Å². The second-order valence-electron chi connectivity index (χ2n) is 4.42. The molecule has 0 aromatic carbocycles. The molecule has 76 valence electrons. The Hall–Kier alpha value is -0.120. The van der Waals surface area contributed by atoms with E-state index in [0.717, 1.165) is 25.5 Å². The predicted octanol–water partition coefficient (Wildman–Crippen LogP) is 0.712. The van der Waals surface area contributed by atoms with E-state index in [1.165, 1.54) is 25.9 Å². The molecule has 2 atom stereocenters. The molecule has 2 aliphatic heterocycles. The van der Waals surface area contributed by atoms with E-state index >= 15 is 0 Å². The Balaban J connectivity index is 1.81. The molecule has 3 nitrogen and oxygen atoms in total. The van der Waals surface area contributed by atoms with E-state index in [2.05, 4.69) is 17.6 Å². The van der Waals surface area contributed by atoms with Gasteiger partial charge in [-0.25, -0.2) is 0 Å². The minimum Gasteiger partial charge on any atom is -0.360 e. The number of hydrogen-bond acceptors (Lipinski definition) is 3. The first-order chi connectivity index (χ1) is 6.29. The molecule has 0 aliphatic carbocycles. The molecule has 0 amide bonds. The Morgan fingerprint density at radius 1 is 1.46 bits per heavy atom. The highest BCUT2D eigenvalue weighted by molar-refractivity contribution is 4.83. The summed E-state index contributed by atoms with van der Waals surface area (Å²) in [4.78, 5) is 0. The summed E-state index contributed by atoms with van der Waals surface area (Å²) in [6.07, 6.45) is 3.83. The maximum absolute atomic E-state index is 5.70. The van der Waals surface area contributed by atoms with Gasteiger partial charge >= 0.3 is 0 Å². The Labute approximate surface area is 80.2 Å².